The van der Waals surface area contributed by atoms with Gasteiger partial charge in [0.1, 0.15) is 5.75 Å². The highest BCUT2D eigenvalue weighted by atomic mass is 35.5. The third kappa shape index (κ3) is 4.25. The SMILES string of the molecule is CN1CCCCC1CCOc1cc(Cl)ccc1/C(N)=N/O. The van der Waals surface area contributed by atoms with Crippen LogP contribution in [-0.4, -0.2) is 42.2 Å². The van der Waals surface area contributed by atoms with E-state index >= 15 is 0 Å². The van der Waals surface area contributed by atoms with E-state index in [0.717, 1.165) is 13.0 Å². The van der Waals surface area contributed by atoms with Crippen LogP contribution in [0.3, 0.4) is 0 Å². The zero-order valence-corrected chi connectivity index (χ0v) is 13.0. The van der Waals surface area contributed by atoms with E-state index in [1.54, 1.807) is 18.2 Å². The molecule has 6 heteroatoms. The predicted octanol–water partition coefficient (Wildman–Crippen LogP) is 2.69. The molecule has 21 heavy (non-hydrogen) atoms. The molecule has 0 bridgehead atoms. The fraction of sp³-hybridized carbons (Fsp3) is 0.533. The lowest BCUT2D eigenvalue weighted by atomic mass is 10.0. The number of nitrogens with two attached hydrogens (primary N) is 1. The smallest absolute Gasteiger partial charge is 0.173 e. The van der Waals surface area contributed by atoms with Gasteiger partial charge >= 0.3 is 0 Å². The van der Waals surface area contributed by atoms with Gasteiger partial charge in [-0.05, 0) is 51.1 Å². The monoisotopic (exact) mass is 311 g/mol. The maximum atomic E-state index is 8.81. The number of rotatable bonds is 5. The molecule has 2 rings (SSSR count). The topological polar surface area (TPSA) is 71.1 Å². The van der Waals surface area contributed by atoms with E-state index in [9.17, 15) is 0 Å². The first-order valence-corrected chi connectivity index (χ1v) is 7.60. The number of hydrogen-bond donors (Lipinski definition) is 2. The first-order valence-electron chi connectivity index (χ1n) is 7.22. The minimum atomic E-state index is 0.0245. The van der Waals surface area contributed by atoms with E-state index < -0.39 is 0 Å². The molecule has 1 aromatic rings. The van der Waals surface area contributed by atoms with Crippen molar-refractivity contribution in [3.8, 4) is 5.75 Å². The highest BCUT2D eigenvalue weighted by molar-refractivity contribution is 6.30. The molecule has 1 atom stereocenters. The fourth-order valence-electron chi connectivity index (χ4n) is 2.69. The van der Waals surface area contributed by atoms with E-state index in [-0.39, 0.29) is 5.84 Å². The molecule has 1 saturated heterocycles. The summed E-state index contributed by atoms with van der Waals surface area (Å²) in [4.78, 5) is 2.38. The molecule has 0 spiro atoms. The molecule has 1 aromatic carbocycles. The summed E-state index contributed by atoms with van der Waals surface area (Å²) in [7, 11) is 2.16. The number of ether oxygens (including phenoxy) is 1. The number of piperidine rings is 1. The number of benzene rings is 1. The van der Waals surface area contributed by atoms with Crippen LogP contribution in [0.4, 0.5) is 0 Å². The third-order valence-corrected chi connectivity index (χ3v) is 4.19. The molecule has 1 fully saturated rings. The molecular weight excluding hydrogens is 290 g/mol. The van der Waals surface area contributed by atoms with Crippen LogP contribution in [0.2, 0.25) is 5.02 Å². The van der Waals surface area contributed by atoms with Crippen molar-refractivity contribution < 1.29 is 9.94 Å². The molecule has 5 nitrogen and oxygen atoms in total. The standard InChI is InChI=1S/C15H22ClN3O2/c1-19-8-3-2-4-12(19)7-9-21-14-10-11(16)5-6-13(14)15(17)18-20/h5-6,10,12,20H,2-4,7-9H2,1H3,(H2,17,18). The van der Waals surface area contributed by atoms with Crippen molar-refractivity contribution in [2.24, 2.45) is 10.9 Å². The number of oxime groups is 1. The van der Waals surface area contributed by atoms with Gasteiger partial charge < -0.3 is 20.6 Å². The summed E-state index contributed by atoms with van der Waals surface area (Å²) < 4.78 is 5.81. The van der Waals surface area contributed by atoms with Crippen LogP contribution >= 0.6 is 11.6 Å². The van der Waals surface area contributed by atoms with Gasteiger partial charge in [-0.25, -0.2) is 0 Å². The molecular formula is C15H22ClN3O2. The quantitative estimate of drug-likeness (QED) is 0.379. The molecule has 1 aliphatic rings. The first kappa shape index (κ1) is 15.9. The van der Waals surface area contributed by atoms with E-state index in [0.29, 0.717) is 29.0 Å². The van der Waals surface area contributed by atoms with Crippen molar-refractivity contribution in [2.75, 3.05) is 20.2 Å². The second-order valence-electron chi connectivity index (χ2n) is 5.39. The molecule has 0 radical (unpaired) electrons. The predicted molar refractivity (Wildman–Crippen MR) is 84.3 cm³/mol. The summed E-state index contributed by atoms with van der Waals surface area (Å²) in [5.41, 5.74) is 6.20. The average molecular weight is 312 g/mol. The minimum absolute atomic E-state index is 0.0245. The molecule has 0 aromatic heterocycles. The highest BCUT2D eigenvalue weighted by Crippen LogP contribution is 2.24. The molecule has 1 unspecified atom stereocenters. The Morgan fingerprint density at radius 2 is 2.33 bits per heavy atom. The van der Waals surface area contributed by atoms with Gasteiger partial charge in [0.2, 0.25) is 0 Å². The van der Waals surface area contributed by atoms with E-state index in [1.165, 1.54) is 19.3 Å². The summed E-state index contributed by atoms with van der Waals surface area (Å²) in [5, 5.41) is 12.4. The Morgan fingerprint density at radius 1 is 1.52 bits per heavy atom. The lowest BCUT2D eigenvalue weighted by Gasteiger charge is -2.32. The Hall–Kier alpha value is -1.46. The van der Waals surface area contributed by atoms with Crippen molar-refractivity contribution in [3.05, 3.63) is 28.8 Å². The lowest BCUT2D eigenvalue weighted by molar-refractivity contribution is 0.153. The number of amidine groups is 1. The number of halogens is 1. The molecule has 3 N–H and O–H groups in total. The van der Waals surface area contributed by atoms with E-state index in [4.69, 9.17) is 27.3 Å². The van der Waals surface area contributed by atoms with Gasteiger partial charge in [0.15, 0.2) is 5.84 Å². The molecule has 0 saturated carbocycles. The van der Waals surface area contributed by atoms with Gasteiger partial charge in [0, 0.05) is 11.1 Å². The number of likely N-dealkylation sites (tertiary alicyclic amines) is 1. The maximum Gasteiger partial charge on any atom is 0.173 e. The number of nitrogens with zero attached hydrogens (tertiary/aromatic N) is 2. The summed E-state index contributed by atoms with van der Waals surface area (Å²) >= 11 is 5.98. The summed E-state index contributed by atoms with van der Waals surface area (Å²) in [5.74, 6) is 0.577. The second-order valence-corrected chi connectivity index (χ2v) is 5.83. The summed E-state index contributed by atoms with van der Waals surface area (Å²) in [6.45, 7) is 1.73. The van der Waals surface area contributed by atoms with Crippen molar-refractivity contribution in [2.45, 2.75) is 31.7 Å². The largest absolute Gasteiger partial charge is 0.493 e. The van der Waals surface area contributed by atoms with Gasteiger partial charge in [0.25, 0.3) is 0 Å². The Bertz CT molecular complexity index is 508. The van der Waals surface area contributed by atoms with Gasteiger partial charge in [-0.2, -0.15) is 0 Å². The van der Waals surface area contributed by atoms with Crippen LogP contribution < -0.4 is 10.5 Å². The van der Waals surface area contributed by atoms with Crippen molar-refractivity contribution in [1.29, 1.82) is 0 Å². The Morgan fingerprint density at radius 3 is 3.05 bits per heavy atom. The van der Waals surface area contributed by atoms with Gasteiger partial charge in [-0.1, -0.05) is 23.2 Å². The molecule has 1 heterocycles. The van der Waals surface area contributed by atoms with Gasteiger partial charge in [-0.15, -0.1) is 0 Å². The van der Waals surface area contributed by atoms with Crippen LogP contribution in [0.15, 0.2) is 23.4 Å². The fourth-order valence-corrected chi connectivity index (χ4v) is 2.86. The highest BCUT2D eigenvalue weighted by Gasteiger charge is 2.19. The Kier molecular flexibility index (Phi) is 5.70. The van der Waals surface area contributed by atoms with Crippen LogP contribution in [0, 0.1) is 0 Å². The average Bonchev–Trinajstić information content (AvgIpc) is 2.48. The minimum Gasteiger partial charge on any atom is -0.493 e. The van der Waals surface area contributed by atoms with Gasteiger partial charge in [-0.3, -0.25) is 0 Å². The molecule has 1 aliphatic heterocycles. The van der Waals surface area contributed by atoms with E-state index in [2.05, 4.69) is 17.1 Å². The van der Waals surface area contributed by atoms with Crippen molar-refractivity contribution in [3.63, 3.8) is 0 Å². The molecule has 0 aliphatic carbocycles. The first-order chi connectivity index (χ1) is 10.1. The van der Waals surface area contributed by atoms with E-state index in [1.807, 2.05) is 0 Å². The van der Waals surface area contributed by atoms with Crippen LogP contribution in [0.25, 0.3) is 0 Å². The Labute approximate surface area is 130 Å². The van der Waals surface area contributed by atoms with Crippen LogP contribution in [0.1, 0.15) is 31.2 Å². The van der Waals surface area contributed by atoms with Crippen LogP contribution in [0.5, 0.6) is 5.75 Å². The summed E-state index contributed by atoms with van der Waals surface area (Å²) in [6, 6.07) is 5.64. The second kappa shape index (κ2) is 7.52. The Balaban J connectivity index is 1.97. The van der Waals surface area contributed by atoms with Crippen molar-refractivity contribution in [1.82, 2.24) is 4.90 Å². The molecule has 0 amide bonds. The molecule has 116 valence electrons. The normalized spacial score (nSPS) is 20.5. The third-order valence-electron chi connectivity index (χ3n) is 3.96. The van der Waals surface area contributed by atoms with Gasteiger partial charge in [0.05, 0.1) is 12.2 Å². The zero-order chi connectivity index (χ0) is 15.2. The number of hydrogen-bond acceptors (Lipinski definition) is 4. The lowest BCUT2D eigenvalue weighted by Crippen LogP contribution is -2.37. The van der Waals surface area contributed by atoms with Crippen LogP contribution in [-0.2, 0) is 0 Å². The maximum absolute atomic E-state index is 8.81. The van der Waals surface area contributed by atoms with Crippen molar-refractivity contribution >= 4 is 17.4 Å². The summed E-state index contributed by atoms with van der Waals surface area (Å²) in [6.07, 6.45) is 4.72. The zero-order valence-electron chi connectivity index (χ0n) is 12.3.